The van der Waals surface area contributed by atoms with Gasteiger partial charge < -0.3 is 5.32 Å². The predicted octanol–water partition coefficient (Wildman–Crippen LogP) is 3.59. The van der Waals surface area contributed by atoms with E-state index < -0.39 is 0 Å². The summed E-state index contributed by atoms with van der Waals surface area (Å²) in [4.78, 5) is 4.35. The monoisotopic (exact) mass is 263 g/mol. The SMILES string of the molecule is Cc1nc(CNc2ccc(C#N)c(Cl)c2)cs1. The van der Waals surface area contributed by atoms with Crippen LogP contribution in [0.5, 0.6) is 0 Å². The largest absolute Gasteiger partial charge is 0.379 e. The van der Waals surface area contributed by atoms with Crippen LogP contribution in [0.2, 0.25) is 5.02 Å². The molecule has 0 atom stereocenters. The highest BCUT2D eigenvalue weighted by Crippen LogP contribution is 2.20. The Morgan fingerprint density at radius 3 is 2.94 bits per heavy atom. The number of aromatic nitrogens is 1. The highest BCUT2D eigenvalue weighted by atomic mass is 35.5. The van der Waals surface area contributed by atoms with Crippen LogP contribution in [0, 0.1) is 18.3 Å². The number of thiazole rings is 1. The Morgan fingerprint density at radius 1 is 1.53 bits per heavy atom. The molecule has 0 radical (unpaired) electrons. The van der Waals surface area contributed by atoms with Crippen LogP contribution in [0.25, 0.3) is 0 Å². The Balaban J connectivity index is 2.05. The fourth-order valence-corrected chi connectivity index (χ4v) is 2.23. The summed E-state index contributed by atoms with van der Waals surface area (Å²) in [6.45, 7) is 2.64. The summed E-state index contributed by atoms with van der Waals surface area (Å²) >= 11 is 7.57. The number of benzene rings is 1. The third-order valence-electron chi connectivity index (χ3n) is 2.23. The van der Waals surface area contributed by atoms with Crippen LogP contribution < -0.4 is 5.32 Å². The highest BCUT2D eigenvalue weighted by Gasteiger charge is 2.02. The molecule has 1 N–H and O–H groups in total. The molecule has 0 saturated carbocycles. The minimum absolute atomic E-state index is 0.465. The van der Waals surface area contributed by atoms with Crippen molar-refractivity contribution in [2.24, 2.45) is 0 Å². The number of nitriles is 1. The molecular formula is C12H10ClN3S. The fourth-order valence-electron chi connectivity index (χ4n) is 1.40. The third kappa shape index (κ3) is 2.96. The van der Waals surface area contributed by atoms with E-state index in [1.807, 2.05) is 24.4 Å². The lowest BCUT2D eigenvalue weighted by Gasteiger charge is -2.05. The van der Waals surface area contributed by atoms with Crippen molar-refractivity contribution in [3.63, 3.8) is 0 Å². The van der Waals surface area contributed by atoms with Crippen LogP contribution in [0.1, 0.15) is 16.3 Å². The molecule has 0 fully saturated rings. The molecule has 1 aromatic carbocycles. The standard InChI is InChI=1S/C12H10ClN3S/c1-8-16-11(7-17-8)6-15-10-3-2-9(5-14)12(13)4-10/h2-4,7,15H,6H2,1H3. The van der Waals surface area contributed by atoms with Gasteiger partial charge in [0.2, 0.25) is 0 Å². The molecular weight excluding hydrogens is 254 g/mol. The highest BCUT2D eigenvalue weighted by molar-refractivity contribution is 7.09. The lowest BCUT2D eigenvalue weighted by molar-refractivity contribution is 1.05. The summed E-state index contributed by atoms with van der Waals surface area (Å²) in [5.74, 6) is 0. The first-order valence-corrected chi connectivity index (χ1v) is 6.29. The fraction of sp³-hybridized carbons (Fsp3) is 0.167. The molecule has 2 aromatic rings. The van der Waals surface area contributed by atoms with Gasteiger partial charge in [0, 0.05) is 11.1 Å². The molecule has 3 nitrogen and oxygen atoms in total. The molecule has 0 amide bonds. The van der Waals surface area contributed by atoms with Gasteiger partial charge in [-0.15, -0.1) is 11.3 Å². The van der Waals surface area contributed by atoms with Crippen molar-refractivity contribution in [3.05, 3.63) is 44.9 Å². The second-order valence-electron chi connectivity index (χ2n) is 3.52. The van der Waals surface area contributed by atoms with Gasteiger partial charge >= 0.3 is 0 Å². The number of aryl methyl sites for hydroxylation is 1. The van der Waals surface area contributed by atoms with Crippen LogP contribution in [-0.4, -0.2) is 4.98 Å². The summed E-state index contributed by atoms with van der Waals surface area (Å²) < 4.78 is 0. The van der Waals surface area contributed by atoms with E-state index >= 15 is 0 Å². The maximum absolute atomic E-state index is 8.76. The van der Waals surface area contributed by atoms with E-state index in [2.05, 4.69) is 10.3 Å². The van der Waals surface area contributed by atoms with Crippen molar-refractivity contribution in [1.82, 2.24) is 4.98 Å². The van der Waals surface area contributed by atoms with Crippen molar-refractivity contribution in [1.29, 1.82) is 5.26 Å². The predicted molar refractivity (Wildman–Crippen MR) is 70.3 cm³/mol. The van der Waals surface area contributed by atoms with E-state index in [9.17, 15) is 0 Å². The Morgan fingerprint density at radius 2 is 2.35 bits per heavy atom. The number of anilines is 1. The van der Waals surface area contributed by atoms with E-state index in [1.54, 1.807) is 23.5 Å². The normalized spacial score (nSPS) is 9.94. The van der Waals surface area contributed by atoms with Gasteiger partial charge in [-0.25, -0.2) is 4.98 Å². The molecule has 5 heteroatoms. The molecule has 1 heterocycles. The molecule has 0 aliphatic rings. The van der Waals surface area contributed by atoms with E-state index in [4.69, 9.17) is 16.9 Å². The summed E-state index contributed by atoms with van der Waals surface area (Å²) in [6.07, 6.45) is 0. The molecule has 0 aliphatic carbocycles. The smallest absolute Gasteiger partial charge is 0.101 e. The van der Waals surface area contributed by atoms with Crippen molar-refractivity contribution >= 4 is 28.6 Å². The van der Waals surface area contributed by atoms with Crippen LogP contribution >= 0.6 is 22.9 Å². The number of hydrogen-bond donors (Lipinski definition) is 1. The number of nitrogens with one attached hydrogen (secondary N) is 1. The third-order valence-corrected chi connectivity index (χ3v) is 3.36. The molecule has 0 unspecified atom stereocenters. The zero-order valence-electron chi connectivity index (χ0n) is 9.20. The quantitative estimate of drug-likeness (QED) is 0.921. The average Bonchev–Trinajstić information content (AvgIpc) is 2.73. The minimum Gasteiger partial charge on any atom is -0.379 e. The van der Waals surface area contributed by atoms with Gasteiger partial charge in [0.25, 0.3) is 0 Å². The molecule has 0 aliphatic heterocycles. The van der Waals surface area contributed by atoms with E-state index in [0.717, 1.165) is 16.4 Å². The summed E-state index contributed by atoms with van der Waals surface area (Å²) in [5.41, 5.74) is 2.38. The van der Waals surface area contributed by atoms with E-state index in [-0.39, 0.29) is 0 Å². The molecule has 0 saturated heterocycles. The molecule has 2 rings (SSSR count). The van der Waals surface area contributed by atoms with Crippen LogP contribution in [0.4, 0.5) is 5.69 Å². The van der Waals surface area contributed by atoms with Gasteiger partial charge in [0.15, 0.2) is 0 Å². The second kappa shape index (κ2) is 5.17. The molecule has 0 bridgehead atoms. The zero-order chi connectivity index (χ0) is 12.3. The Hall–Kier alpha value is -1.57. The van der Waals surface area contributed by atoms with Crippen LogP contribution in [0.3, 0.4) is 0 Å². The van der Waals surface area contributed by atoms with Crippen molar-refractivity contribution in [2.45, 2.75) is 13.5 Å². The lowest BCUT2D eigenvalue weighted by Crippen LogP contribution is -1.99. The number of rotatable bonds is 3. The van der Waals surface area contributed by atoms with Gasteiger partial charge in [-0.1, -0.05) is 11.6 Å². The Labute approximate surface area is 109 Å². The topological polar surface area (TPSA) is 48.7 Å². The first-order valence-electron chi connectivity index (χ1n) is 5.03. The van der Waals surface area contributed by atoms with E-state index in [0.29, 0.717) is 17.1 Å². The van der Waals surface area contributed by atoms with Gasteiger partial charge in [0.1, 0.15) is 6.07 Å². The van der Waals surface area contributed by atoms with Gasteiger partial charge in [0.05, 0.1) is 27.8 Å². The van der Waals surface area contributed by atoms with Crippen molar-refractivity contribution in [3.8, 4) is 6.07 Å². The molecule has 17 heavy (non-hydrogen) atoms. The maximum Gasteiger partial charge on any atom is 0.101 e. The number of nitrogens with zero attached hydrogens (tertiary/aromatic N) is 2. The number of halogens is 1. The lowest BCUT2D eigenvalue weighted by atomic mass is 10.2. The summed E-state index contributed by atoms with van der Waals surface area (Å²) in [5, 5.41) is 15.5. The van der Waals surface area contributed by atoms with Crippen molar-refractivity contribution < 1.29 is 0 Å². The Kier molecular flexibility index (Phi) is 3.62. The second-order valence-corrected chi connectivity index (χ2v) is 4.99. The first kappa shape index (κ1) is 11.9. The molecule has 0 spiro atoms. The maximum atomic E-state index is 8.76. The molecule has 86 valence electrons. The van der Waals surface area contributed by atoms with Gasteiger partial charge in [-0.3, -0.25) is 0 Å². The zero-order valence-corrected chi connectivity index (χ0v) is 10.8. The van der Waals surface area contributed by atoms with E-state index in [1.165, 1.54) is 0 Å². The van der Waals surface area contributed by atoms with Crippen molar-refractivity contribution in [2.75, 3.05) is 5.32 Å². The van der Waals surface area contributed by atoms with Crippen LogP contribution in [-0.2, 0) is 6.54 Å². The number of hydrogen-bond acceptors (Lipinski definition) is 4. The van der Waals surface area contributed by atoms with Crippen LogP contribution in [0.15, 0.2) is 23.6 Å². The first-order chi connectivity index (χ1) is 8.19. The van der Waals surface area contributed by atoms with Gasteiger partial charge in [-0.2, -0.15) is 5.26 Å². The summed E-state index contributed by atoms with van der Waals surface area (Å²) in [6, 6.07) is 7.32. The average molecular weight is 264 g/mol. The molecule has 1 aromatic heterocycles. The summed E-state index contributed by atoms with van der Waals surface area (Å²) in [7, 11) is 0. The Bertz CT molecular complexity index is 571. The minimum atomic E-state index is 0.465. The van der Waals surface area contributed by atoms with Gasteiger partial charge in [-0.05, 0) is 25.1 Å².